The van der Waals surface area contributed by atoms with Crippen molar-refractivity contribution in [3.63, 3.8) is 0 Å². The minimum absolute atomic E-state index is 0.194. The molecule has 0 aliphatic carbocycles. The van der Waals surface area contributed by atoms with Crippen LogP contribution in [0.1, 0.15) is 34.7 Å². The van der Waals surface area contributed by atoms with Gasteiger partial charge in [-0.2, -0.15) is 0 Å². The van der Waals surface area contributed by atoms with Gasteiger partial charge in [0.25, 0.3) is 5.91 Å². The number of para-hydroxylation sites is 2. The van der Waals surface area contributed by atoms with Crippen molar-refractivity contribution in [2.75, 3.05) is 20.8 Å². The third-order valence-electron chi connectivity index (χ3n) is 5.93. The lowest BCUT2D eigenvalue weighted by Gasteiger charge is -2.17. The highest BCUT2D eigenvalue weighted by Gasteiger charge is 2.19. The Morgan fingerprint density at radius 2 is 1.89 bits per heavy atom. The molecule has 0 spiro atoms. The van der Waals surface area contributed by atoms with Gasteiger partial charge in [-0.15, -0.1) is 6.58 Å². The summed E-state index contributed by atoms with van der Waals surface area (Å²) in [5.74, 6) is 2.55. The highest BCUT2D eigenvalue weighted by Crippen LogP contribution is 2.29. The average molecular weight is 486 g/mol. The number of hydrogen-bond acceptors (Lipinski definition) is 5. The number of carbonyl (C=O) groups excluding carboxylic acids is 1. The number of imidazole rings is 1. The van der Waals surface area contributed by atoms with Crippen molar-refractivity contribution >= 4 is 16.9 Å². The van der Waals surface area contributed by atoms with Crippen molar-refractivity contribution in [3.05, 3.63) is 96.3 Å². The van der Waals surface area contributed by atoms with E-state index in [0.717, 1.165) is 28.8 Å². The Morgan fingerprint density at radius 3 is 2.67 bits per heavy atom. The van der Waals surface area contributed by atoms with Crippen LogP contribution >= 0.6 is 0 Å². The number of aromatic nitrogens is 2. The van der Waals surface area contributed by atoms with Crippen LogP contribution in [0.2, 0.25) is 0 Å². The normalized spacial score (nSPS) is 11.6. The van der Waals surface area contributed by atoms with Crippen LogP contribution in [0, 0.1) is 0 Å². The summed E-state index contributed by atoms with van der Waals surface area (Å²) in [6.07, 6.45) is 2.62. The molecule has 36 heavy (non-hydrogen) atoms. The van der Waals surface area contributed by atoms with Gasteiger partial charge >= 0.3 is 0 Å². The predicted molar refractivity (Wildman–Crippen MR) is 141 cm³/mol. The molecule has 1 atom stereocenters. The number of nitrogens with one attached hydrogen (secondary N) is 1. The van der Waals surface area contributed by atoms with Crippen LogP contribution in [0.15, 0.2) is 79.4 Å². The van der Waals surface area contributed by atoms with E-state index >= 15 is 0 Å². The number of allylic oxidation sites excluding steroid dienone is 1. The Labute approximate surface area is 211 Å². The molecular formula is C29H31N3O4. The summed E-state index contributed by atoms with van der Waals surface area (Å²) in [6.45, 7) is 6.67. The molecule has 0 aliphatic heterocycles. The van der Waals surface area contributed by atoms with E-state index in [1.54, 1.807) is 32.4 Å². The number of benzene rings is 3. The second-order valence-corrected chi connectivity index (χ2v) is 8.36. The first-order valence-corrected chi connectivity index (χ1v) is 11.8. The molecule has 1 aromatic heterocycles. The maximum Gasteiger partial charge on any atom is 0.251 e. The summed E-state index contributed by atoms with van der Waals surface area (Å²) in [4.78, 5) is 17.7. The van der Waals surface area contributed by atoms with Crippen LogP contribution in [0.3, 0.4) is 0 Å². The molecule has 3 aromatic carbocycles. The molecule has 0 fully saturated rings. The predicted octanol–water partition coefficient (Wildman–Crippen LogP) is 5.35. The van der Waals surface area contributed by atoms with Gasteiger partial charge in [-0.1, -0.05) is 30.3 Å². The first-order chi connectivity index (χ1) is 17.5. The Bertz CT molecular complexity index is 1360. The van der Waals surface area contributed by atoms with E-state index in [1.165, 1.54) is 0 Å². The highest BCUT2D eigenvalue weighted by molar-refractivity contribution is 5.94. The molecular weight excluding hydrogens is 454 g/mol. The van der Waals surface area contributed by atoms with E-state index < -0.39 is 0 Å². The highest BCUT2D eigenvalue weighted by atomic mass is 16.5. The van der Waals surface area contributed by atoms with Crippen molar-refractivity contribution in [1.82, 2.24) is 14.9 Å². The van der Waals surface area contributed by atoms with Crippen molar-refractivity contribution < 1.29 is 19.0 Å². The number of carbonyl (C=O) groups is 1. The van der Waals surface area contributed by atoms with Crippen molar-refractivity contribution in [2.24, 2.45) is 0 Å². The quantitative estimate of drug-likeness (QED) is 0.290. The fourth-order valence-electron chi connectivity index (χ4n) is 4.14. The minimum atomic E-state index is -0.330. The smallest absolute Gasteiger partial charge is 0.251 e. The molecule has 186 valence electrons. The largest absolute Gasteiger partial charge is 0.497 e. The maximum atomic E-state index is 12.9. The molecule has 0 saturated heterocycles. The zero-order valence-corrected chi connectivity index (χ0v) is 20.9. The Morgan fingerprint density at radius 1 is 1.06 bits per heavy atom. The van der Waals surface area contributed by atoms with Crippen molar-refractivity contribution in [2.45, 2.75) is 25.9 Å². The number of fused-ring (bicyclic) bond motifs is 1. The fraction of sp³-hybridized carbons (Fsp3) is 0.241. The van der Waals surface area contributed by atoms with Crippen LogP contribution in [-0.2, 0) is 13.0 Å². The van der Waals surface area contributed by atoms with Gasteiger partial charge in [0, 0.05) is 5.56 Å². The number of hydrogen-bond donors (Lipinski definition) is 1. The topological polar surface area (TPSA) is 74.6 Å². The van der Waals surface area contributed by atoms with Gasteiger partial charge in [-0.25, -0.2) is 4.98 Å². The third kappa shape index (κ3) is 5.51. The van der Waals surface area contributed by atoms with E-state index in [2.05, 4.69) is 16.5 Å². The van der Waals surface area contributed by atoms with E-state index in [9.17, 15) is 4.79 Å². The molecule has 0 bridgehead atoms. The van der Waals surface area contributed by atoms with Gasteiger partial charge < -0.3 is 24.1 Å². The SMILES string of the molecule is C=CCc1ccc(OCCn2c(C(C)NC(=O)c3cccc(OC)c3)nc3ccccc32)c(OC)c1. The second-order valence-electron chi connectivity index (χ2n) is 8.36. The summed E-state index contributed by atoms with van der Waals surface area (Å²) >= 11 is 0. The van der Waals surface area contributed by atoms with E-state index in [-0.39, 0.29) is 11.9 Å². The number of methoxy groups -OCH3 is 2. The summed E-state index contributed by atoms with van der Waals surface area (Å²) in [5.41, 5.74) is 3.48. The molecule has 4 rings (SSSR count). The standard InChI is InChI=1S/C29H31N3O4/c1-5-9-21-14-15-26(27(18-21)35-4)36-17-16-32-25-13-7-6-12-24(25)31-28(32)20(2)30-29(33)22-10-8-11-23(19-22)34-3/h5-8,10-15,18-20H,1,9,16-17H2,2-4H3,(H,30,33). The molecule has 7 nitrogen and oxygen atoms in total. The molecule has 1 unspecified atom stereocenters. The monoisotopic (exact) mass is 485 g/mol. The van der Waals surface area contributed by atoms with E-state index in [1.807, 2.05) is 61.5 Å². The Hall–Kier alpha value is -4.26. The summed E-state index contributed by atoms with van der Waals surface area (Å²) in [6, 6.07) is 20.6. The van der Waals surface area contributed by atoms with Crippen LogP contribution < -0.4 is 19.5 Å². The third-order valence-corrected chi connectivity index (χ3v) is 5.93. The first kappa shape index (κ1) is 24.9. The summed E-state index contributed by atoms with van der Waals surface area (Å²) in [5, 5.41) is 3.06. The fourth-order valence-corrected chi connectivity index (χ4v) is 4.14. The molecule has 1 amide bonds. The van der Waals surface area contributed by atoms with E-state index in [4.69, 9.17) is 19.2 Å². The number of amides is 1. The molecule has 1 heterocycles. The lowest BCUT2D eigenvalue weighted by molar-refractivity contribution is 0.0937. The molecule has 4 aromatic rings. The Kier molecular flexibility index (Phi) is 7.90. The van der Waals surface area contributed by atoms with Gasteiger partial charge in [0.2, 0.25) is 0 Å². The zero-order valence-electron chi connectivity index (χ0n) is 20.9. The minimum Gasteiger partial charge on any atom is -0.497 e. The van der Waals surface area contributed by atoms with Crippen LogP contribution in [0.4, 0.5) is 0 Å². The molecule has 1 N–H and O–H groups in total. The van der Waals surface area contributed by atoms with Gasteiger partial charge in [0.15, 0.2) is 11.5 Å². The van der Waals surface area contributed by atoms with Gasteiger partial charge in [0.05, 0.1) is 37.8 Å². The van der Waals surface area contributed by atoms with Gasteiger partial charge in [0.1, 0.15) is 18.2 Å². The second kappa shape index (κ2) is 11.4. The number of ether oxygens (including phenoxy) is 3. The van der Waals surface area contributed by atoms with Gasteiger partial charge in [-0.3, -0.25) is 4.79 Å². The number of rotatable bonds is 11. The van der Waals surface area contributed by atoms with Crippen LogP contribution in [0.5, 0.6) is 17.2 Å². The zero-order chi connectivity index (χ0) is 25.5. The molecule has 0 aliphatic rings. The number of nitrogens with zero attached hydrogens (tertiary/aromatic N) is 2. The van der Waals surface area contributed by atoms with E-state index in [0.29, 0.717) is 36.0 Å². The van der Waals surface area contributed by atoms with Crippen LogP contribution in [-0.4, -0.2) is 36.3 Å². The lowest BCUT2D eigenvalue weighted by Crippen LogP contribution is -2.29. The van der Waals surface area contributed by atoms with Crippen LogP contribution in [0.25, 0.3) is 11.0 Å². The summed E-state index contributed by atoms with van der Waals surface area (Å²) < 4.78 is 18.9. The molecule has 0 saturated carbocycles. The molecule has 0 radical (unpaired) electrons. The summed E-state index contributed by atoms with van der Waals surface area (Å²) in [7, 11) is 3.21. The lowest BCUT2D eigenvalue weighted by atomic mass is 10.1. The average Bonchev–Trinajstić information content (AvgIpc) is 3.28. The molecule has 7 heteroatoms. The first-order valence-electron chi connectivity index (χ1n) is 11.8. The van der Waals surface area contributed by atoms with Crippen molar-refractivity contribution in [3.8, 4) is 17.2 Å². The maximum absolute atomic E-state index is 12.9. The van der Waals surface area contributed by atoms with Crippen molar-refractivity contribution in [1.29, 1.82) is 0 Å². The van der Waals surface area contributed by atoms with Gasteiger partial charge in [-0.05, 0) is 61.4 Å². The Balaban J connectivity index is 1.52.